The Hall–Kier alpha value is -2.04. The van der Waals surface area contributed by atoms with Crippen LogP contribution in [-0.4, -0.2) is 15.3 Å². The Bertz CT molecular complexity index is 932. The van der Waals surface area contributed by atoms with Crippen molar-refractivity contribution in [2.24, 2.45) is 0 Å². The highest BCUT2D eigenvalue weighted by molar-refractivity contribution is 7.99. The number of para-hydroxylation sites is 1. The maximum absolute atomic E-state index is 12.9. The molecule has 0 unspecified atom stereocenters. The molecule has 5 heteroatoms. The zero-order valence-corrected chi connectivity index (χ0v) is 14.2. The van der Waals surface area contributed by atoms with Crippen LogP contribution >= 0.6 is 23.4 Å². The molecule has 0 N–H and O–H groups in total. The molecule has 1 aromatic heterocycles. The van der Waals surface area contributed by atoms with Gasteiger partial charge in [0.05, 0.1) is 16.6 Å². The van der Waals surface area contributed by atoms with E-state index in [1.54, 1.807) is 10.6 Å². The van der Waals surface area contributed by atoms with Gasteiger partial charge in [-0.1, -0.05) is 59.8 Å². The fourth-order valence-corrected chi connectivity index (χ4v) is 3.20. The smallest absolute Gasteiger partial charge is 0.266 e. The van der Waals surface area contributed by atoms with Gasteiger partial charge in [0.1, 0.15) is 0 Å². The molecule has 0 saturated carbocycles. The summed E-state index contributed by atoms with van der Waals surface area (Å²) >= 11 is 7.28. The van der Waals surface area contributed by atoms with E-state index in [9.17, 15) is 4.79 Å². The predicted octanol–water partition coefficient (Wildman–Crippen LogP) is 4.54. The zero-order valence-electron chi connectivity index (χ0n) is 12.6. The molecule has 0 bridgehead atoms. The van der Waals surface area contributed by atoms with Gasteiger partial charge < -0.3 is 0 Å². The summed E-state index contributed by atoms with van der Waals surface area (Å²) in [6.07, 6.45) is 0. The van der Waals surface area contributed by atoms with Gasteiger partial charge >= 0.3 is 0 Å². The lowest BCUT2D eigenvalue weighted by Gasteiger charge is -2.13. The van der Waals surface area contributed by atoms with E-state index >= 15 is 0 Å². The van der Waals surface area contributed by atoms with Crippen molar-refractivity contribution < 1.29 is 0 Å². The van der Waals surface area contributed by atoms with Crippen molar-refractivity contribution in [2.45, 2.75) is 12.1 Å². The number of hydrogen-bond donors (Lipinski definition) is 0. The maximum atomic E-state index is 12.9. The SMILES string of the molecule is C=C(Cl)CSc1nc2ccccc2c(=O)n1-c1ccc(C)cc1. The van der Waals surface area contributed by atoms with Crippen LogP contribution in [0.25, 0.3) is 16.6 Å². The number of nitrogens with zero attached hydrogens (tertiary/aromatic N) is 2. The van der Waals surface area contributed by atoms with Crippen LogP contribution in [0.4, 0.5) is 0 Å². The van der Waals surface area contributed by atoms with Gasteiger partial charge in [0, 0.05) is 10.8 Å². The lowest BCUT2D eigenvalue weighted by molar-refractivity contribution is 0.820. The van der Waals surface area contributed by atoms with Crippen molar-refractivity contribution >= 4 is 34.3 Å². The maximum Gasteiger partial charge on any atom is 0.266 e. The Kier molecular flexibility index (Phi) is 4.55. The molecule has 23 heavy (non-hydrogen) atoms. The monoisotopic (exact) mass is 342 g/mol. The van der Waals surface area contributed by atoms with Crippen molar-refractivity contribution in [3.8, 4) is 5.69 Å². The average molecular weight is 343 g/mol. The Morgan fingerprint density at radius 2 is 1.91 bits per heavy atom. The number of aryl methyl sites for hydroxylation is 1. The number of fused-ring (bicyclic) bond motifs is 1. The fraction of sp³-hybridized carbons (Fsp3) is 0.111. The minimum atomic E-state index is -0.0814. The van der Waals surface area contributed by atoms with E-state index in [1.807, 2.05) is 49.4 Å². The van der Waals surface area contributed by atoms with Crippen LogP contribution in [0.3, 0.4) is 0 Å². The molecule has 0 aliphatic rings. The van der Waals surface area contributed by atoms with Gasteiger partial charge in [-0.2, -0.15) is 0 Å². The summed E-state index contributed by atoms with van der Waals surface area (Å²) in [7, 11) is 0. The van der Waals surface area contributed by atoms with Gasteiger partial charge in [0.2, 0.25) is 0 Å². The second-order valence-corrected chi connectivity index (χ2v) is 6.67. The standard InChI is InChI=1S/C18H15ClN2OS/c1-12-7-9-14(10-8-12)21-17(22)15-5-3-4-6-16(15)20-18(21)23-11-13(2)19/h3-10H,2,11H2,1H3. The summed E-state index contributed by atoms with van der Waals surface area (Å²) in [5, 5.41) is 1.73. The van der Waals surface area contributed by atoms with E-state index in [2.05, 4.69) is 11.6 Å². The lowest BCUT2D eigenvalue weighted by atomic mass is 10.2. The topological polar surface area (TPSA) is 34.9 Å². The van der Waals surface area contributed by atoms with Crippen molar-refractivity contribution in [3.63, 3.8) is 0 Å². The number of thioether (sulfide) groups is 1. The van der Waals surface area contributed by atoms with Crippen molar-refractivity contribution in [1.29, 1.82) is 0 Å². The van der Waals surface area contributed by atoms with E-state index in [0.717, 1.165) is 11.3 Å². The van der Waals surface area contributed by atoms with Crippen LogP contribution in [0.5, 0.6) is 0 Å². The molecule has 0 spiro atoms. The Labute approximate surface area is 143 Å². The second kappa shape index (κ2) is 6.60. The van der Waals surface area contributed by atoms with Gasteiger partial charge in [-0.3, -0.25) is 9.36 Å². The zero-order chi connectivity index (χ0) is 16.4. The number of benzene rings is 2. The van der Waals surface area contributed by atoms with Gasteiger partial charge in [-0.05, 0) is 31.2 Å². The van der Waals surface area contributed by atoms with Crippen molar-refractivity contribution in [2.75, 3.05) is 5.75 Å². The number of hydrogen-bond acceptors (Lipinski definition) is 3. The highest BCUT2D eigenvalue weighted by atomic mass is 35.5. The van der Waals surface area contributed by atoms with Crippen LogP contribution in [0.15, 0.2) is 70.1 Å². The molecule has 3 aromatic rings. The number of rotatable bonds is 4. The van der Waals surface area contributed by atoms with Gasteiger partial charge in [0.25, 0.3) is 5.56 Å². The van der Waals surface area contributed by atoms with Gasteiger partial charge in [-0.15, -0.1) is 0 Å². The molecule has 0 fully saturated rings. The highest BCUT2D eigenvalue weighted by Crippen LogP contribution is 2.23. The predicted molar refractivity (Wildman–Crippen MR) is 97.8 cm³/mol. The minimum Gasteiger partial charge on any atom is -0.268 e. The second-order valence-electron chi connectivity index (χ2n) is 5.19. The van der Waals surface area contributed by atoms with Gasteiger partial charge in [-0.25, -0.2) is 4.98 Å². The number of halogens is 1. The quantitative estimate of drug-likeness (QED) is 0.515. The van der Waals surface area contributed by atoms with Crippen LogP contribution < -0.4 is 5.56 Å². The van der Waals surface area contributed by atoms with Crippen LogP contribution in [0.2, 0.25) is 0 Å². The third-order valence-corrected chi connectivity index (χ3v) is 4.71. The molecule has 2 aromatic carbocycles. The third-order valence-electron chi connectivity index (χ3n) is 3.39. The first kappa shape index (κ1) is 15.8. The Morgan fingerprint density at radius 1 is 1.22 bits per heavy atom. The van der Waals surface area contributed by atoms with Crippen LogP contribution in [0, 0.1) is 6.92 Å². The summed E-state index contributed by atoms with van der Waals surface area (Å²) < 4.78 is 1.63. The van der Waals surface area contributed by atoms with E-state index < -0.39 is 0 Å². The van der Waals surface area contributed by atoms with Gasteiger partial charge in [0.15, 0.2) is 5.16 Å². The normalized spacial score (nSPS) is 10.9. The molecule has 0 aliphatic carbocycles. The van der Waals surface area contributed by atoms with E-state index in [0.29, 0.717) is 26.8 Å². The summed E-state index contributed by atoms with van der Waals surface area (Å²) in [4.78, 5) is 17.6. The van der Waals surface area contributed by atoms with Crippen LogP contribution in [-0.2, 0) is 0 Å². The molecule has 0 radical (unpaired) electrons. The summed E-state index contributed by atoms with van der Waals surface area (Å²) in [5.74, 6) is 0.498. The van der Waals surface area contributed by atoms with E-state index in [1.165, 1.54) is 11.8 Å². The van der Waals surface area contributed by atoms with Crippen LogP contribution in [0.1, 0.15) is 5.56 Å². The molecule has 3 nitrogen and oxygen atoms in total. The molecule has 1 heterocycles. The van der Waals surface area contributed by atoms with Crippen molar-refractivity contribution in [3.05, 3.63) is 76.1 Å². The van der Waals surface area contributed by atoms with E-state index in [-0.39, 0.29) is 5.56 Å². The van der Waals surface area contributed by atoms with E-state index in [4.69, 9.17) is 11.6 Å². The fourth-order valence-electron chi connectivity index (χ4n) is 2.27. The lowest BCUT2D eigenvalue weighted by Crippen LogP contribution is -2.21. The Balaban J connectivity index is 2.25. The molecule has 0 saturated heterocycles. The molecule has 3 rings (SSSR count). The summed E-state index contributed by atoms with van der Waals surface area (Å²) in [6, 6.07) is 15.2. The summed E-state index contributed by atoms with van der Waals surface area (Å²) in [5.41, 5.74) is 2.53. The molecule has 116 valence electrons. The first-order chi connectivity index (χ1) is 11.1. The van der Waals surface area contributed by atoms with Crippen molar-refractivity contribution in [1.82, 2.24) is 9.55 Å². The molecular formula is C18H15ClN2OS. The third kappa shape index (κ3) is 3.33. The Morgan fingerprint density at radius 3 is 2.61 bits per heavy atom. The average Bonchev–Trinajstić information content (AvgIpc) is 2.54. The first-order valence-corrected chi connectivity index (χ1v) is 8.47. The number of aromatic nitrogens is 2. The molecular weight excluding hydrogens is 328 g/mol. The molecule has 0 amide bonds. The largest absolute Gasteiger partial charge is 0.268 e. The minimum absolute atomic E-state index is 0.0814. The molecule has 0 atom stereocenters. The first-order valence-electron chi connectivity index (χ1n) is 7.11. The summed E-state index contributed by atoms with van der Waals surface area (Å²) in [6.45, 7) is 5.71. The highest BCUT2D eigenvalue weighted by Gasteiger charge is 2.13. The molecule has 0 aliphatic heterocycles.